The number of benzene rings is 2. The van der Waals surface area contributed by atoms with Gasteiger partial charge in [0.25, 0.3) is 0 Å². The molecule has 0 bridgehead atoms. The predicted molar refractivity (Wildman–Crippen MR) is 159 cm³/mol. The third-order valence-electron chi connectivity index (χ3n) is 7.12. The summed E-state index contributed by atoms with van der Waals surface area (Å²) in [6, 6.07) is 15.4. The Morgan fingerprint density at radius 3 is 2.62 bits per heavy atom. The first-order valence-corrected chi connectivity index (χ1v) is 14.5. The van der Waals surface area contributed by atoms with Gasteiger partial charge in [0.05, 0.1) is 6.67 Å². The highest BCUT2D eigenvalue weighted by Gasteiger charge is 2.25. The third-order valence-corrected chi connectivity index (χ3v) is 7.66. The lowest BCUT2D eigenvalue weighted by Gasteiger charge is -2.18. The lowest BCUT2D eigenvalue weighted by Crippen LogP contribution is -2.26. The molecule has 3 aromatic rings. The average Bonchev–Trinajstić information content (AvgIpc) is 3.32. The summed E-state index contributed by atoms with van der Waals surface area (Å²) in [6.45, 7) is 6.18. The van der Waals surface area contributed by atoms with Crippen molar-refractivity contribution in [3.63, 3.8) is 0 Å². The lowest BCUT2D eigenvalue weighted by molar-refractivity contribution is 0.112. The molecule has 2 heterocycles. The van der Waals surface area contributed by atoms with Gasteiger partial charge in [-0.3, -0.25) is 14.1 Å². The molecule has 1 saturated heterocycles. The molecule has 1 aromatic heterocycles. The Kier molecular flexibility index (Phi) is 10.6. The quantitative estimate of drug-likeness (QED) is 0.256. The fourth-order valence-electron chi connectivity index (χ4n) is 5.36. The standard InChI is InChI=1S/C30H29Cl2FN2O2.C2H6/c31-23-7-9-26(28(32)16-23)27-4-1-3-21-15-20(19-36)5-8-25(21)30(27)22-6-10-29(34-17-22)37-24-11-14-35(18-24)13-2-12-33;1-2/h5-10,15-17,19,24H,1-4,11-14,18H2;1-2H3. The van der Waals surface area contributed by atoms with E-state index in [4.69, 9.17) is 27.9 Å². The molecule has 0 spiro atoms. The van der Waals surface area contributed by atoms with Crippen molar-refractivity contribution in [2.75, 3.05) is 26.3 Å². The third kappa shape index (κ3) is 7.08. The van der Waals surface area contributed by atoms with Crippen LogP contribution in [-0.4, -0.2) is 48.6 Å². The molecule has 0 saturated carbocycles. The predicted octanol–water partition coefficient (Wildman–Crippen LogP) is 8.34. The molecule has 0 radical (unpaired) electrons. The van der Waals surface area contributed by atoms with Crippen LogP contribution in [0.5, 0.6) is 5.88 Å². The highest BCUT2D eigenvalue weighted by Crippen LogP contribution is 2.42. The van der Waals surface area contributed by atoms with Gasteiger partial charge >= 0.3 is 0 Å². The van der Waals surface area contributed by atoms with E-state index in [9.17, 15) is 9.18 Å². The fourth-order valence-corrected chi connectivity index (χ4v) is 5.89. The lowest BCUT2D eigenvalue weighted by atomic mass is 9.88. The molecule has 1 atom stereocenters. The molecule has 4 nitrogen and oxygen atoms in total. The van der Waals surface area contributed by atoms with Gasteiger partial charge in [-0.2, -0.15) is 0 Å². The van der Waals surface area contributed by atoms with Crippen molar-refractivity contribution in [2.24, 2.45) is 0 Å². The van der Waals surface area contributed by atoms with Gasteiger partial charge in [0, 0.05) is 53.1 Å². The van der Waals surface area contributed by atoms with Crippen LogP contribution in [0.25, 0.3) is 11.1 Å². The monoisotopic (exact) mass is 568 g/mol. The van der Waals surface area contributed by atoms with Crippen LogP contribution in [0.4, 0.5) is 4.39 Å². The maximum absolute atomic E-state index is 12.5. The maximum Gasteiger partial charge on any atom is 0.213 e. The van der Waals surface area contributed by atoms with Gasteiger partial charge < -0.3 is 4.74 Å². The van der Waals surface area contributed by atoms with Gasteiger partial charge in [-0.15, -0.1) is 0 Å². The molecule has 7 heteroatoms. The topological polar surface area (TPSA) is 42.4 Å². The van der Waals surface area contributed by atoms with Crippen LogP contribution >= 0.6 is 23.2 Å². The molecule has 1 unspecified atom stereocenters. The van der Waals surface area contributed by atoms with Crippen molar-refractivity contribution in [3.05, 3.63) is 92.6 Å². The van der Waals surface area contributed by atoms with Crippen LogP contribution in [0, 0.1) is 0 Å². The first-order valence-electron chi connectivity index (χ1n) is 13.7. The van der Waals surface area contributed by atoms with Crippen LogP contribution in [-0.2, 0) is 6.42 Å². The highest BCUT2D eigenvalue weighted by atomic mass is 35.5. The summed E-state index contributed by atoms with van der Waals surface area (Å²) in [5.41, 5.74) is 7.00. The molecule has 39 heavy (non-hydrogen) atoms. The average molecular weight is 570 g/mol. The van der Waals surface area contributed by atoms with Crippen LogP contribution in [0.15, 0.2) is 54.7 Å². The number of carbonyl (C=O) groups is 1. The Labute approximate surface area is 240 Å². The first kappa shape index (κ1) is 29.3. The second-order valence-electron chi connectivity index (χ2n) is 9.62. The molecule has 2 aromatic carbocycles. The second-order valence-corrected chi connectivity index (χ2v) is 10.5. The zero-order chi connectivity index (χ0) is 27.8. The fraction of sp³-hybridized carbons (Fsp3) is 0.375. The van der Waals surface area contributed by atoms with Crippen molar-refractivity contribution in [1.29, 1.82) is 0 Å². The van der Waals surface area contributed by atoms with E-state index < -0.39 is 0 Å². The summed E-state index contributed by atoms with van der Waals surface area (Å²) in [6.07, 6.45) is 6.90. The smallest absolute Gasteiger partial charge is 0.213 e. The van der Waals surface area contributed by atoms with Gasteiger partial charge in [-0.05, 0) is 84.2 Å². The number of nitrogens with zero attached hydrogens (tertiary/aromatic N) is 2. The van der Waals surface area contributed by atoms with Crippen LogP contribution in [0.1, 0.15) is 72.1 Å². The summed E-state index contributed by atoms with van der Waals surface area (Å²) in [7, 11) is 0. The second kappa shape index (κ2) is 14.1. The number of carbonyl (C=O) groups excluding carboxylic acids is 1. The van der Waals surface area contributed by atoms with Crippen molar-refractivity contribution >= 4 is 40.6 Å². The molecule has 2 aliphatic rings. The summed E-state index contributed by atoms with van der Waals surface area (Å²) in [4.78, 5) is 18.4. The van der Waals surface area contributed by atoms with E-state index >= 15 is 0 Å². The van der Waals surface area contributed by atoms with Crippen molar-refractivity contribution in [2.45, 2.75) is 52.1 Å². The van der Waals surface area contributed by atoms with Crippen molar-refractivity contribution in [3.8, 4) is 5.88 Å². The van der Waals surface area contributed by atoms with Gasteiger partial charge in [0.15, 0.2) is 0 Å². The molecule has 1 aliphatic carbocycles. The number of aromatic nitrogens is 1. The van der Waals surface area contributed by atoms with Gasteiger partial charge in [0.2, 0.25) is 5.88 Å². The molecule has 1 fully saturated rings. The number of allylic oxidation sites excluding steroid dienone is 1. The van der Waals surface area contributed by atoms with E-state index in [0.29, 0.717) is 27.9 Å². The minimum atomic E-state index is -0.288. The zero-order valence-corrected chi connectivity index (χ0v) is 24.1. The number of likely N-dealkylation sites (tertiary alicyclic amines) is 1. The zero-order valence-electron chi connectivity index (χ0n) is 22.6. The molecule has 0 amide bonds. The molecule has 5 rings (SSSR count). The maximum atomic E-state index is 12.5. The molecule has 0 N–H and O–H groups in total. The summed E-state index contributed by atoms with van der Waals surface area (Å²) >= 11 is 12.9. The molecular formula is C32H35Cl2FN2O2. The number of halogens is 3. The molecule has 1 aliphatic heterocycles. The minimum absolute atomic E-state index is 0.0565. The Balaban J connectivity index is 0.00000172. The Morgan fingerprint density at radius 1 is 1.08 bits per heavy atom. The number of fused-ring (bicyclic) bond motifs is 1. The van der Waals surface area contributed by atoms with Crippen LogP contribution in [0.2, 0.25) is 10.0 Å². The van der Waals surface area contributed by atoms with Gasteiger partial charge in [0.1, 0.15) is 12.4 Å². The number of pyridine rings is 1. The van der Waals surface area contributed by atoms with Gasteiger partial charge in [-0.1, -0.05) is 55.2 Å². The number of aldehydes is 1. The van der Waals surface area contributed by atoms with Crippen LogP contribution in [0.3, 0.4) is 0 Å². The van der Waals surface area contributed by atoms with Crippen LogP contribution < -0.4 is 4.74 Å². The van der Waals surface area contributed by atoms with E-state index in [-0.39, 0.29) is 12.8 Å². The number of rotatable bonds is 8. The summed E-state index contributed by atoms with van der Waals surface area (Å²) < 4.78 is 18.7. The molecule has 206 valence electrons. The SMILES string of the molecule is CC.O=Cc1ccc2c(c1)CCCC(c1ccc(Cl)cc1Cl)=C2c1ccc(OC2CCN(CCCF)C2)nc1. The van der Waals surface area contributed by atoms with E-state index in [1.807, 2.05) is 62.5 Å². The Bertz CT molecular complexity index is 1310. The largest absolute Gasteiger partial charge is 0.473 e. The molecular weight excluding hydrogens is 534 g/mol. The summed E-state index contributed by atoms with van der Waals surface area (Å²) in [5.74, 6) is 0.581. The Hall–Kier alpha value is -2.73. The number of ether oxygens (including phenoxy) is 1. The number of alkyl halides is 1. The summed E-state index contributed by atoms with van der Waals surface area (Å²) in [5, 5.41) is 1.21. The minimum Gasteiger partial charge on any atom is -0.473 e. The van der Waals surface area contributed by atoms with E-state index in [1.54, 1.807) is 6.07 Å². The number of hydrogen-bond acceptors (Lipinski definition) is 4. The number of hydrogen-bond donors (Lipinski definition) is 0. The van der Waals surface area contributed by atoms with Crippen molar-refractivity contribution < 1.29 is 13.9 Å². The van der Waals surface area contributed by atoms with E-state index in [1.165, 1.54) is 0 Å². The number of aryl methyl sites for hydroxylation is 1. The van der Waals surface area contributed by atoms with Gasteiger partial charge in [-0.25, -0.2) is 4.98 Å². The van der Waals surface area contributed by atoms with Crippen molar-refractivity contribution in [1.82, 2.24) is 9.88 Å². The normalized spacial score (nSPS) is 17.2. The van der Waals surface area contributed by atoms with E-state index in [0.717, 1.165) is 85.0 Å². The first-order chi connectivity index (χ1) is 19.1. The highest BCUT2D eigenvalue weighted by molar-refractivity contribution is 6.36. The Morgan fingerprint density at radius 2 is 1.90 bits per heavy atom. The van der Waals surface area contributed by atoms with E-state index in [2.05, 4.69) is 9.88 Å².